The minimum absolute atomic E-state index is 0. The molecule has 10 nitrogen and oxygen atoms in total. The Morgan fingerprint density at radius 2 is 1.62 bits per heavy atom. The molecule has 0 aromatic heterocycles. The Labute approximate surface area is 205 Å². The molecule has 3 rings (SSSR count). The molecule has 0 aliphatic heterocycles. The number of aromatic carboxylic acids is 1. The van der Waals surface area contributed by atoms with Crippen LogP contribution >= 0.6 is 0 Å². The van der Waals surface area contributed by atoms with Crippen molar-refractivity contribution in [3.8, 4) is 5.75 Å². The van der Waals surface area contributed by atoms with Gasteiger partial charge >= 0.3 is 35.5 Å². The van der Waals surface area contributed by atoms with E-state index in [0.717, 1.165) is 18.2 Å². The van der Waals surface area contributed by atoms with Crippen molar-refractivity contribution in [2.24, 2.45) is 15.3 Å². The summed E-state index contributed by atoms with van der Waals surface area (Å²) in [5.41, 5.74) is 3.06. The number of hydrazone groups is 1. The number of carbonyl (C=O) groups is 1. The van der Waals surface area contributed by atoms with Crippen LogP contribution in [0.1, 0.15) is 15.9 Å². The van der Waals surface area contributed by atoms with Gasteiger partial charge in [-0.25, -0.2) is 13.2 Å². The average molecular weight is 462 g/mol. The molecule has 0 amide bonds. The number of aromatic hydroxyl groups is 1. The third-order valence-electron chi connectivity index (χ3n) is 3.96. The number of rotatable bonds is 6. The molecule has 0 saturated heterocycles. The molecule has 3 aromatic rings. The molecular formula is C20H15N4NaO6S. The Morgan fingerprint density at radius 1 is 0.969 bits per heavy atom. The predicted octanol–water partition coefficient (Wildman–Crippen LogP) is 0.556. The summed E-state index contributed by atoms with van der Waals surface area (Å²) >= 11 is 0. The number of hydrogen-bond donors (Lipinski definition) is 3. The number of phenolic OH excluding ortho intramolecular Hbond substituents is 1. The normalized spacial score (nSPS) is 11.7. The van der Waals surface area contributed by atoms with Crippen molar-refractivity contribution in [1.29, 1.82) is 0 Å². The molecule has 0 heterocycles. The molecule has 0 unspecified atom stereocenters. The van der Waals surface area contributed by atoms with Crippen LogP contribution in [0.3, 0.4) is 0 Å². The van der Waals surface area contributed by atoms with Crippen molar-refractivity contribution in [2.75, 3.05) is 5.43 Å². The van der Waals surface area contributed by atoms with Crippen molar-refractivity contribution >= 4 is 33.3 Å². The number of hydrogen-bond acceptors (Lipinski definition) is 8. The van der Waals surface area contributed by atoms with Crippen molar-refractivity contribution in [1.82, 2.24) is 0 Å². The van der Waals surface area contributed by atoms with Gasteiger partial charge < -0.3 is 14.8 Å². The summed E-state index contributed by atoms with van der Waals surface area (Å²) < 4.78 is 33.6. The van der Waals surface area contributed by atoms with Crippen LogP contribution in [0.2, 0.25) is 0 Å². The molecule has 0 atom stereocenters. The van der Waals surface area contributed by atoms with Gasteiger partial charge in [0.15, 0.2) is 0 Å². The molecule has 0 saturated carbocycles. The SMILES string of the molecule is O=C(O)c1ccccc1NN=C(N=Nc1cc(S(=O)(=O)[O-])ccc1O)c1ccccc1.[Na+]. The Morgan fingerprint density at radius 3 is 2.28 bits per heavy atom. The van der Waals surface area contributed by atoms with E-state index in [1.54, 1.807) is 42.5 Å². The number of phenols is 1. The molecule has 12 heteroatoms. The first-order valence-electron chi connectivity index (χ1n) is 8.68. The molecule has 0 radical (unpaired) electrons. The van der Waals surface area contributed by atoms with E-state index < -0.39 is 26.7 Å². The maximum atomic E-state index is 11.4. The van der Waals surface area contributed by atoms with Gasteiger partial charge in [-0.2, -0.15) is 5.10 Å². The molecular weight excluding hydrogens is 447 g/mol. The van der Waals surface area contributed by atoms with Gasteiger partial charge in [-0.15, -0.1) is 10.2 Å². The van der Waals surface area contributed by atoms with Crippen molar-refractivity contribution in [3.05, 3.63) is 83.9 Å². The number of benzene rings is 3. The fourth-order valence-electron chi connectivity index (χ4n) is 2.45. The summed E-state index contributed by atoms with van der Waals surface area (Å²) in [6, 6.07) is 17.5. The van der Waals surface area contributed by atoms with Crippen molar-refractivity contribution in [3.63, 3.8) is 0 Å². The minimum Gasteiger partial charge on any atom is -0.744 e. The zero-order chi connectivity index (χ0) is 22.4. The Bertz CT molecular complexity index is 1280. The molecule has 0 fully saturated rings. The van der Waals surface area contributed by atoms with Gasteiger partial charge in [-0.3, -0.25) is 5.43 Å². The van der Waals surface area contributed by atoms with Crippen molar-refractivity contribution < 1.29 is 57.5 Å². The maximum absolute atomic E-state index is 11.4. The first-order valence-corrected chi connectivity index (χ1v) is 10.1. The maximum Gasteiger partial charge on any atom is 1.00 e. The Hall–Kier alpha value is -3.09. The minimum atomic E-state index is -4.75. The summed E-state index contributed by atoms with van der Waals surface area (Å²) in [5, 5.41) is 31.1. The smallest absolute Gasteiger partial charge is 0.744 e. The summed E-state index contributed by atoms with van der Waals surface area (Å²) in [6.45, 7) is 0. The van der Waals surface area contributed by atoms with Gasteiger partial charge in [0.25, 0.3) is 0 Å². The average Bonchev–Trinajstić information content (AvgIpc) is 2.75. The Kier molecular flexibility index (Phi) is 8.63. The van der Waals surface area contributed by atoms with E-state index in [4.69, 9.17) is 0 Å². The van der Waals surface area contributed by atoms with Crippen LogP contribution in [0.5, 0.6) is 5.75 Å². The molecule has 0 bridgehead atoms. The molecule has 3 N–H and O–H groups in total. The second kappa shape index (κ2) is 11.0. The van der Waals surface area contributed by atoms with E-state index in [0.29, 0.717) is 5.56 Å². The zero-order valence-electron chi connectivity index (χ0n) is 16.7. The van der Waals surface area contributed by atoms with Gasteiger partial charge in [-0.05, 0) is 30.3 Å². The number of anilines is 1. The monoisotopic (exact) mass is 462 g/mol. The van der Waals surface area contributed by atoms with Crippen LogP contribution in [-0.2, 0) is 10.1 Å². The number of carboxylic acids is 1. The summed E-state index contributed by atoms with van der Waals surface area (Å²) in [6.07, 6.45) is 0. The first kappa shape index (κ1) is 25.2. The van der Waals surface area contributed by atoms with E-state index in [1.165, 1.54) is 12.1 Å². The van der Waals surface area contributed by atoms with Crippen LogP contribution in [0, 0.1) is 0 Å². The number of carboxylic acid groups (broad SMARTS) is 1. The molecule has 3 aromatic carbocycles. The first-order chi connectivity index (χ1) is 14.8. The molecule has 0 aliphatic carbocycles. The fraction of sp³-hybridized carbons (Fsp3) is 0. The van der Waals surface area contributed by atoms with Crippen LogP contribution in [-0.4, -0.2) is 35.0 Å². The molecule has 158 valence electrons. The van der Waals surface area contributed by atoms with E-state index in [2.05, 4.69) is 20.8 Å². The third kappa shape index (κ3) is 6.45. The standard InChI is InChI=1S/C20H16N4O6S.Na/c25-18-11-10-14(31(28,29)30)12-17(18)22-24-19(13-6-2-1-3-7-13)23-21-16-9-5-4-8-15(16)20(26)27;/h1-12,21,25H,(H,26,27)(H,28,29,30);/q;+1/p-1. The predicted molar refractivity (Wildman–Crippen MR) is 111 cm³/mol. The van der Waals surface area contributed by atoms with Gasteiger partial charge in [0.1, 0.15) is 21.6 Å². The number of nitrogens with one attached hydrogen (secondary N) is 1. The van der Waals surface area contributed by atoms with Crippen LogP contribution in [0.25, 0.3) is 0 Å². The fourth-order valence-corrected chi connectivity index (χ4v) is 2.94. The van der Waals surface area contributed by atoms with E-state index >= 15 is 0 Å². The number of azo groups is 1. The number of para-hydroxylation sites is 1. The van der Waals surface area contributed by atoms with Crippen LogP contribution in [0.15, 0.2) is 93.0 Å². The second-order valence-electron chi connectivity index (χ2n) is 6.07. The molecule has 0 aliphatic rings. The summed E-state index contributed by atoms with van der Waals surface area (Å²) in [5.74, 6) is -1.54. The van der Waals surface area contributed by atoms with E-state index in [9.17, 15) is 28.0 Å². The largest absolute Gasteiger partial charge is 1.00 e. The zero-order valence-corrected chi connectivity index (χ0v) is 19.5. The quantitative estimate of drug-likeness (QED) is 0.120. The number of nitrogens with zero attached hydrogens (tertiary/aromatic N) is 3. The van der Waals surface area contributed by atoms with Crippen molar-refractivity contribution in [2.45, 2.75) is 4.90 Å². The van der Waals surface area contributed by atoms with Crippen LogP contribution in [0.4, 0.5) is 11.4 Å². The summed E-state index contributed by atoms with van der Waals surface area (Å²) in [7, 11) is -4.75. The second-order valence-corrected chi connectivity index (χ2v) is 7.45. The summed E-state index contributed by atoms with van der Waals surface area (Å²) in [4.78, 5) is 10.8. The van der Waals surface area contributed by atoms with Gasteiger partial charge in [0.2, 0.25) is 5.84 Å². The topological polar surface area (TPSA) is 164 Å². The van der Waals surface area contributed by atoms with Crippen LogP contribution < -0.4 is 35.0 Å². The Balaban J connectivity index is 0.00000363. The van der Waals surface area contributed by atoms with Gasteiger partial charge in [0.05, 0.1) is 16.1 Å². The van der Waals surface area contributed by atoms with Gasteiger partial charge in [-0.1, -0.05) is 42.5 Å². The van der Waals surface area contributed by atoms with Gasteiger partial charge in [0, 0.05) is 5.56 Å². The van der Waals surface area contributed by atoms with E-state index in [-0.39, 0.29) is 52.3 Å². The number of amidine groups is 1. The van der Waals surface area contributed by atoms with E-state index in [1.807, 2.05) is 0 Å². The molecule has 0 spiro atoms. The third-order valence-corrected chi connectivity index (χ3v) is 4.79. The molecule has 32 heavy (non-hydrogen) atoms.